The molecule has 2 atom stereocenters. The van der Waals surface area contributed by atoms with Gasteiger partial charge in [-0.25, -0.2) is 0 Å². The van der Waals surface area contributed by atoms with E-state index in [2.05, 4.69) is 46.8 Å². The molecule has 1 aliphatic heterocycles. The number of ether oxygens (including phenoxy) is 1. The molecule has 9 heteroatoms. The molecule has 2 aromatic heterocycles. The second-order valence-corrected chi connectivity index (χ2v) is 10.1. The average Bonchev–Trinajstić information content (AvgIpc) is 3.50. The number of amides is 1. The van der Waals surface area contributed by atoms with E-state index in [4.69, 9.17) is 21.4 Å². The largest absolute Gasteiger partial charge is 0.452 e. The number of methoxy groups -OCH3 is 1. The first-order valence-corrected chi connectivity index (χ1v) is 13.0. The Labute approximate surface area is 225 Å². The van der Waals surface area contributed by atoms with Crippen LogP contribution in [-0.2, 0) is 9.53 Å². The Morgan fingerprint density at radius 3 is 2.59 bits per heavy atom. The number of carbonyl (C=O) groups is 1. The van der Waals surface area contributed by atoms with Crippen LogP contribution < -0.4 is 15.5 Å². The predicted molar refractivity (Wildman–Crippen MR) is 149 cm³/mol. The van der Waals surface area contributed by atoms with Gasteiger partial charge in [0.15, 0.2) is 10.2 Å². The monoisotopic (exact) mass is 530 g/mol. The van der Waals surface area contributed by atoms with Gasteiger partial charge in [-0.2, -0.15) is 0 Å². The van der Waals surface area contributed by atoms with Gasteiger partial charge in [0.1, 0.15) is 18.4 Å². The summed E-state index contributed by atoms with van der Waals surface area (Å²) in [4.78, 5) is 19.6. The van der Waals surface area contributed by atoms with Crippen molar-refractivity contribution in [1.29, 1.82) is 0 Å². The molecule has 0 unspecified atom stereocenters. The van der Waals surface area contributed by atoms with Crippen molar-refractivity contribution < 1.29 is 13.9 Å². The molecule has 5 rings (SSSR count). The topological polar surface area (TPSA) is 79.6 Å². The molecule has 4 aromatic rings. The van der Waals surface area contributed by atoms with Crippen LogP contribution in [-0.4, -0.2) is 29.7 Å². The fourth-order valence-electron chi connectivity index (χ4n) is 4.23. The van der Waals surface area contributed by atoms with E-state index < -0.39 is 0 Å². The lowest BCUT2D eigenvalue weighted by Gasteiger charge is -2.26. The number of furan rings is 1. The molecule has 7 nitrogen and oxygen atoms in total. The Balaban J connectivity index is 1.46. The summed E-state index contributed by atoms with van der Waals surface area (Å²) in [7, 11) is 1.49. The normalized spacial score (nSPS) is 17.0. The molecule has 0 saturated carbocycles. The third-order valence-corrected chi connectivity index (χ3v) is 7.18. The number of rotatable bonds is 8. The Morgan fingerprint density at radius 1 is 1.11 bits per heavy atom. The molecule has 1 saturated heterocycles. The van der Waals surface area contributed by atoms with Crippen LogP contribution in [0.5, 0.6) is 0 Å². The van der Waals surface area contributed by atoms with Gasteiger partial charge in [0.05, 0.1) is 11.7 Å². The fraction of sp³-hybridized carbons (Fsp3) is 0.179. The zero-order valence-corrected chi connectivity index (χ0v) is 22.0. The van der Waals surface area contributed by atoms with Crippen molar-refractivity contribution in [2.24, 2.45) is 0 Å². The summed E-state index contributed by atoms with van der Waals surface area (Å²) in [5, 5.41) is 7.62. The van der Waals surface area contributed by atoms with Crippen molar-refractivity contribution in [3.63, 3.8) is 0 Å². The first kappa shape index (κ1) is 25.0. The van der Waals surface area contributed by atoms with Gasteiger partial charge < -0.3 is 24.7 Å². The maximum atomic E-state index is 11.9. The number of benzene rings is 2. The van der Waals surface area contributed by atoms with E-state index in [9.17, 15) is 4.79 Å². The van der Waals surface area contributed by atoms with Crippen molar-refractivity contribution in [2.45, 2.75) is 29.0 Å². The predicted octanol–water partition coefficient (Wildman–Crippen LogP) is 5.90. The van der Waals surface area contributed by atoms with E-state index in [-0.39, 0.29) is 24.6 Å². The first-order chi connectivity index (χ1) is 18.0. The minimum Gasteiger partial charge on any atom is -0.452 e. The molecule has 1 fully saturated rings. The lowest BCUT2D eigenvalue weighted by Crippen LogP contribution is -2.29. The molecule has 188 valence electrons. The Hall–Kier alpha value is -3.66. The third-order valence-electron chi connectivity index (χ3n) is 5.94. The van der Waals surface area contributed by atoms with E-state index in [0.29, 0.717) is 10.8 Å². The van der Waals surface area contributed by atoms with E-state index in [1.54, 1.807) is 18.0 Å². The molecule has 3 heterocycles. The van der Waals surface area contributed by atoms with E-state index >= 15 is 0 Å². The van der Waals surface area contributed by atoms with E-state index in [0.717, 1.165) is 27.1 Å². The number of hydrogen-bond donors (Lipinski definition) is 2. The highest BCUT2D eigenvalue weighted by Gasteiger charge is 2.42. The molecular formula is C28H26N4O3S2. The summed E-state index contributed by atoms with van der Waals surface area (Å²) < 4.78 is 11.3. The molecule has 0 spiro atoms. The molecule has 0 radical (unpaired) electrons. The Bertz CT molecular complexity index is 1370. The summed E-state index contributed by atoms with van der Waals surface area (Å²) in [6.07, 6.45) is 1.78. The van der Waals surface area contributed by atoms with Crippen molar-refractivity contribution >= 4 is 46.4 Å². The number of nitrogens with one attached hydrogen (secondary N) is 2. The molecule has 2 aromatic carbocycles. The first-order valence-electron chi connectivity index (χ1n) is 11.8. The molecule has 2 N–H and O–H groups in total. The van der Waals surface area contributed by atoms with Crippen LogP contribution in [0.3, 0.4) is 0 Å². The number of nitrogens with zero attached hydrogens (tertiary/aromatic N) is 2. The molecular weight excluding hydrogens is 504 g/mol. The Kier molecular flexibility index (Phi) is 7.55. The number of pyridine rings is 1. The zero-order valence-electron chi connectivity index (χ0n) is 20.4. The van der Waals surface area contributed by atoms with Crippen molar-refractivity contribution in [1.82, 2.24) is 10.3 Å². The molecule has 37 heavy (non-hydrogen) atoms. The number of carbonyl (C=O) groups excluding carboxylic acids is 1. The smallest absolute Gasteiger partial charge is 0.250 e. The summed E-state index contributed by atoms with van der Waals surface area (Å²) in [5.74, 6) is 0.561. The van der Waals surface area contributed by atoms with Gasteiger partial charge >= 0.3 is 0 Å². The zero-order chi connectivity index (χ0) is 25.8. The standard InChI is InChI=1S/C28H26N4O3S2/c1-18-6-12-21(13-7-18)37-25-15-14-23(35-25)27-26(22-5-3-4-16-29-22)31-28(36)32(27)20-10-8-19(9-11-20)30-24(33)17-34-2/h3-16,26-27H,17H2,1-2H3,(H,30,33)(H,31,36)/t26-,27+/m1/s1. The summed E-state index contributed by atoms with van der Waals surface area (Å²) in [6.45, 7) is 2.07. The van der Waals surface area contributed by atoms with Gasteiger partial charge in [-0.1, -0.05) is 35.5 Å². The number of aryl methyl sites for hydroxylation is 1. The second-order valence-electron chi connectivity index (χ2n) is 8.60. The van der Waals surface area contributed by atoms with Gasteiger partial charge in [0, 0.05) is 29.6 Å². The minimum atomic E-state index is -0.260. The third kappa shape index (κ3) is 5.69. The summed E-state index contributed by atoms with van der Waals surface area (Å²) in [5.41, 5.74) is 3.63. The Morgan fingerprint density at radius 2 is 1.89 bits per heavy atom. The lowest BCUT2D eigenvalue weighted by molar-refractivity contribution is -0.119. The highest BCUT2D eigenvalue weighted by Crippen LogP contribution is 2.43. The number of anilines is 2. The van der Waals surface area contributed by atoms with Crippen LogP contribution in [0.1, 0.15) is 29.1 Å². The van der Waals surface area contributed by atoms with Gasteiger partial charge in [-0.05, 0) is 79.8 Å². The maximum Gasteiger partial charge on any atom is 0.250 e. The molecule has 1 amide bonds. The highest BCUT2D eigenvalue weighted by molar-refractivity contribution is 7.99. The minimum absolute atomic E-state index is 0.00284. The maximum absolute atomic E-state index is 11.9. The molecule has 1 aliphatic rings. The van der Waals surface area contributed by atoms with Gasteiger partial charge in [-0.15, -0.1) is 0 Å². The van der Waals surface area contributed by atoms with Crippen LogP contribution >= 0.6 is 24.0 Å². The van der Waals surface area contributed by atoms with E-state index in [1.165, 1.54) is 12.7 Å². The van der Waals surface area contributed by atoms with Crippen molar-refractivity contribution in [2.75, 3.05) is 23.9 Å². The van der Waals surface area contributed by atoms with Crippen LogP contribution in [0.4, 0.5) is 11.4 Å². The number of thiocarbonyl (C=S) groups is 1. The fourth-order valence-corrected chi connectivity index (χ4v) is 5.35. The van der Waals surface area contributed by atoms with Crippen LogP contribution in [0.15, 0.2) is 99.5 Å². The SMILES string of the molecule is COCC(=O)Nc1ccc(N2C(=S)N[C@H](c3ccccn3)[C@@H]2c2ccc(Sc3ccc(C)cc3)o2)cc1. The summed E-state index contributed by atoms with van der Waals surface area (Å²) >= 11 is 7.37. The average molecular weight is 531 g/mol. The van der Waals surface area contributed by atoms with Crippen molar-refractivity contribution in [3.05, 3.63) is 102 Å². The summed E-state index contributed by atoms with van der Waals surface area (Å²) in [6, 6.07) is 25.3. The van der Waals surface area contributed by atoms with Crippen LogP contribution in [0.25, 0.3) is 0 Å². The van der Waals surface area contributed by atoms with E-state index in [1.807, 2.05) is 59.5 Å². The number of aromatic nitrogens is 1. The molecule has 0 bridgehead atoms. The van der Waals surface area contributed by atoms with Crippen molar-refractivity contribution in [3.8, 4) is 0 Å². The lowest BCUT2D eigenvalue weighted by atomic mass is 10.0. The number of hydrogen-bond acceptors (Lipinski definition) is 6. The quantitative estimate of drug-likeness (QED) is 0.273. The van der Waals surface area contributed by atoms with Crippen LogP contribution in [0, 0.1) is 6.92 Å². The molecule has 0 aliphatic carbocycles. The van der Waals surface area contributed by atoms with Gasteiger partial charge in [-0.3, -0.25) is 9.78 Å². The second kappa shape index (κ2) is 11.2. The van der Waals surface area contributed by atoms with Crippen LogP contribution in [0.2, 0.25) is 0 Å². The highest BCUT2D eigenvalue weighted by atomic mass is 32.2. The van der Waals surface area contributed by atoms with Gasteiger partial charge in [0.25, 0.3) is 0 Å². The van der Waals surface area contributed by atoms with Gasteiger partial charge in [0.2, 0.25) is 5.91 Å².